The van der Waals surface area contributed by atoms with Gasteiger partial charge in [-0.05, 0) is 17.7 Å². The second kappa shape index (κ2) is 5.40. The van der Waals surface area contributed by atoms with Crippen LogP contribution in [0, 0.1) is 0 Å². The summed E-state index contributed by atoms with van der Waals surface area (Å²) in [5, 5.41) is 9.34. The van der Waals surface area contributed by atoms with Gasteiger partial charge in [0.15, 0.2) is 6.04 Å². The number of hydrogen-bond acceptors (Lipinski definition) is 2. The SMILES string of the molecule is O=C(O)C(c1ccc(Br)cc1)N1CC(Br)CC1=O. The Bertz CT molecular complexity index is 475. The first-order valence-electron chi connectivity index (χ1n) is 5.41. The fraction of sp³-hybridized carbons (Fsp3) is 0.333. The van der Waals surface area contributed by atoms with Gasteiger partial charge in [0.05, 0.1) is 0 Å². The molecule has 4 nitrogen and oxygen atoms in total. The van der Waals surface area contributed by atoms with Crippen LogP contribution in [0.3, 0.4) is 0 Å². The molecule has 2 atom stereocenters. The third kappa shape index (κ3) is 2.75. The number of nitrogens with zero attached hydrogens (tertiary/aromatic N) is 1. The Labute approximate surface area is 121 Å². The minimum absolute atomic E-state index is 0.0299. The highest BCUT2D eigenvalue weighted by Gasteiger charge is 2.37. The normalized spacial score (nSPS) is 21.1. The Kier molecular flexibility index (Phi) is 4.07. The van der Waals surface area contributed by atoms with E-state index in [4.69, 9.17) is 0 Å². The molecule has 0 saturated carbocycles. The maximum absolute atomic E-state index is 11.8. The van der Waals surface area contributed by atoms with E-state index in [2.05, 4.69) is 31.9 Å². The van der Waals surface area contributed by atoms with E-state index < -0.39 is 12.0 Å². The van der Waals surface area contributed by atoms with Crippen molar-refractivity contribution in [2.45, 2.75) is 17.3 Å². The molecule has 0 bridgehead atoms. The van der Waals surface area contributed by atoms with E-state index in [0.717, 1.165) is 4.47 Å². The fourth-order valence-electron chi connectivity index (χ4n) is 2.04. The van der Waals surface area contributed by atoms with Gasteiger partial charge in [0.2, 0.25) is 5.91 Å². The molecule has 1 aromatic rings. The molecule has 0 radical (unpaired) electrons. The predicted molar refractivity (Wildman–Crippen MR) is 73.6 cm³/mol. The molecule has 1 amide bonds. The van der Waals surface area contributed by atoms with Crippen molar-refractivity contribution in [1.29, 1.82) is 0 Å². The number of benzene rings is 1. The molecular weight excluding hydrogens is 366 g/mol. The molecule has 0 aromatic heterocycles. The van der Waals surface area contributed by atoms with Crippen molar-refractivity contribution in [3.63, 3.8) is 0 Å². The number of amides is 1. The van der Waals surface area contributed by atoms with Gasteiger partial charge in [-0.2, -0.15) is 0 Å². The molecule has 0 aliphatic carbocycles. The number of hydrogen-bond donors (Lipinski definition) is 1. The number of aliphatic carboxylic acids is 1. The van der Waals surface area contributed by atoms with E-state index >= 15 is 0 Å². The number of likely N-dealkylation sites (tertiary alicyclic amines) is 1. The fourth-order valence-corrected chi connectivity index (χ4v) is 2.89. The number of rotatable bonds is 3. The minimum atomic E-state index is -1.01. The van der Waals surface area contributed by atoms with Gasteiger partial charge < -0.3 is 10.0 Å². The first kappa shape index (κ1) is 13.5. The van der Waals surface area contributed by atoms with Crippen molar-refractivity contribution in [1.82, 2.24) is 4.90 Å². The van der Waals surface area contributed by atoms with Crippen molar-refractivity contribution >= 4 is 43.7 Å². The standard InChI is InChI=1S/C12H11Br2NO3/c13-8-3-1-7(2-4-8)11(12(17)18)15-6-9(14)5-10(15)16/h1-4,9,11H,5-6H2,(H,17,18). The van der Waals surface area contributed by atoms with Crippen LogP contribution >= 0.6 is 31.9 Å². The lowest BCUT2D eigenvalue weighted by atomic mass is 10.1. The molecule has 1 aromatic carbocycles. The summed E-state index contributed by atoms with van der Waals surface area (Å²) in [6, 6.07) is 6.08. The third-order valence-corrected chi connectivity index (χ3v) is 3.98. The maximum atomic E-state index is 11.8. The molecule has 1 aliphatic heterocycles. The third-order valence-electron chi connectivity index (χ3n) is 2.84. The van der Waals surface area contributed by atoms with Crippen LogP contribution in [-0.4, -0.2) is 33.3 Å². The maximum Gasteiger partial charge on any atom is 0.331 e. The first-order chi connectivity index (χ1) is 8.49. The molecule has 18 heavy (non-hydrogen) atoms. The smallest absolute Gasteiger partial charge is 0.331 e. The molecular formula is C12H11Br2NO3. The van der Waals surface area contributed by atoms with Crippen molar-refractivity contribution < 1.29 is 14.7 Å². The summed E-state index contributed by atoms with van der Waals surface area (Å²) in [7, 11) is 0. The van der Waals surface area contributed by atoms with E-state index in [1.54, 1.807) is 24.3 Å². The molecule has 2 rings (SSSR count). The highest BCUT2D eigenvalue weighted by atomic mass is 79.9. The van der Waals surface area contributed by atoms with Gasteiger partial charge in [0.25, 0.3) is 0 Å². The van der Waals surface area contributed by atoms with E-state index in [0.29, 0.717) is 18.5 Å². The van der Waals surface area contributed by atoms with Crippen LogP contribution in [0.2, 0.25) is 0 Å². The number of halogens is 2. The molecule has 6 heteroatoms. The van der Waals surface area contributed by atoms with E-state index in [-0.39, 0.29) is 10.7 Å². The Morgan fingerprint density at radius 1 is 1.39 bits per heavy atom. The summed E-state index contributed by atoms with van der Waals surface area (Å²) in [5.74, 6) is -1.14. The second-order valence-electron chi connectivity index (χ2n) is 4.14. The van der Waals surface area contributed by atoms with Crippen LogP contribution in [0.15, 0.2) is 28.7 Å². The molecule has 96 valence electrons. The molecule has 1 heterocycles. The van der Waals surface area contributed by atoms with Crippen LogP contribution in [0.4, 0.5) is 0 Å². The summed E-state index contributed by atoms with van der Waals surface area (Å²) in [6.07, 6.45) is 0.348. The molecule has 0 spiro atoms. The quantitative estimate of drug-likeness (QED) is 0.825. The zero-order valence-corrected chi connectivity index (χ0v) is 12.5. The van der Waals surface area contributed by atoms with Crippen LogP contribution < -0.4 is 0 Å². The molecule has 1 N–H and O–H groups in total. The van der Waals surface area contributed by atoms with Gasteiger partial charge in [-0.1, -0.05) is 44.0 Å². The van der Waals surface area contributed by atoms with E-state index in [1.807, 2.05) is 0 Å². The van der Waals surface area contributed by atoms with Crippen molar-refractivity contribution in [3.05, 3.63) is 34.3 Å². The van der Waals surface area contributed by atoms with Crippen LogP contribution in [0.25, 0.3) is 0 Å². The molecule has 1 aliphatic rings. The first-order valence-corrected chi connectivity index (χ1v) is 7.11. The minimum Gasteiger partial charge on any atom is -0.479 e. The predicted octanol–water partition coefficient (Wildman–Crippen LogP) is 2.57. The average molecular weight is 377 g/mol. The van der Waals surface area contributed by atoms with Crippen LogP contribution in [-0.2, 0) is 9.59 Å². The van der Waals surface area contributed by atoms with E-state index in [1.165, 1.54) is 4.90 Å². The zero-order chi connectivity index (χ0) is 13.3. The summed E-state index contributed by atoms with van der Waals surface area (Å²) in [5.41, 5.74) is 0.612. The number of carboxylic acid groups (broad SMARTS) is 1. The lowest BCUT2D eigenvalue weighted by molar-refractivity contribution is -0.148. The lowest BCUT2D eigenvalue weighted by Crippen LogP contribution is -2.35. The van der Waals surface area contributed by atoms with Gasteiger partial charge in [-0.3, -0.25) is 4.79 Å². The van der Waals surface area contributed by atoms with Crippen molar-refractivity contribution in [2.75, 3.05) is 6.54 Å². The second-order valence-corrected chi connectivity index (χ2v) is 6.35. The highest BCUT2D eigenvalue weighted by molar-refractivity contribution is 9.10. The number of carbonyl (C=O) groups excluding carboxylic acids is 1. The van der Waals surface area contributed by atoms with Gasteiger partial charge in [-0.15, -0.1) is 0 Å². The highest BCUT2D eigenvalue weighted by Crippen LogP contribution is 2.29. The number of carbonyl (C=O) groups is 2. The summed E-state index contributed by atoms with van der Waals surface area (Å²) in [4.78, 5) is 24.6. The van der Waals surface area contributed by atoms with Gasteiger partial charge >= 0.3 is 5.97 Å². The number of alkyl halides is 1. The summed E-state index contributed by atoms with van der Waals surface area (Å²) >= 11 is 6.66. The Morgan fingerprint density at radius 3 is 2.44 bits per heavy atom. The van der Waals surface area contributed by atoms with Crippen molar-refractivity contribution in [2.24, 2.45) is 0 Å². The molecule has 1 saturated heterocycles. The Hall–Kier alpha value is -0.880. The lowest BCUT2D eigenvalue weighted by Gasteiger charge is -2.24. The Morgan fingerprint density at radius 2 is 2.00 bits per heavy atom. The average Bonchev–Trinajstić information content (AvgIpc) is 2.61. The summed E-state index contributed by atoms with van der Waals surface area (Å²) < 4.78 is 0.876. The van der Waals surface area contributed by atoms with Gasteiger partial charge in [-0.25, -0.2) is 4.79 Å². The van der Waals surface area contributed by atoms with Crippen LogP contribution in [0.5, 0.6) is 0 Å². The van der Waals surface area contributed by atoms with Gasteiger partial charge in [0.1, 0.15) is 0 Å². The molecule has 1 fully saturated rings. The number of carboxylic acids is 1. The zero-order valence-electron chi connectivity index (χ0n) is 9.35. The van der Waals surface area contributed by atoms with Crippen LogP contribution in [0.1, 0.15) is 18.0 Å². The van der Waals surface area contributed by atoms with Crippen molar-refractivity contribution in [3.8, 4) is 0 Å². The largest absolute Gasteiger partial charge is 0.479 e. The van der Waals surface area contributed by atoms with Gasteiger partial charge in [0, 0.05) is 22.3 Å². The topological polar surface area (TPSA) is 57.6 Å². The van der Waals surface area contributed by atoms with E-state index in [9.17, 15) is 14.7 Å². The Balaban J connectivity index is 2.32. The molecule has 2 unspecified atom stereocenters. The monoisotopic (exact) mass is 375 g/mol. The summed E-state index contributed by atoms with van der Waals surface area (Å²) in [6.45, 7) is 0.422.